The lowest BCUT2D eigenvalue weighted by Crippen LogP contribution is -2.58. The van der Waals surface area contributed by atoms with Crippen molar-refractivity contribution in [3.8, 4) is 0 Å². The number of ketones is 1. The second-order valence-electron chi connectivity index (χ2n) is 5.53. The molecule has 0 heterocycles. The molecule has 0 aromatic rings. The highest BCUT2D eigenvalue weighted by molar-refractivity contribution is 14.1. The van der Waals surface area contributed by atoms with Crippen LogP contribution in [0.4, 0.5) is 0 Å². The third-order valence-electron chi connectivity index (χ3n) is 3.72. The summed E-state index contributed by atoms with van der Waals surface area (Å²) in [5, 5.41) is 0. The summed E-state index contributed by atoms with van der Waals surface area (Å²) in [5.41, 5.74) is -0.0920. The van der Waals surface area contributed by atoms with Gasteiger partial charge in [0.25, 0.3) is 0 Å². The molecule has 88 valence electrons. The number of halogens is 1. The fraction of sp³-hybridized carbons (Fsp3) is 0.917. The predicted molar refractivity (Wildman–Crippen MR) is 72.6 cm³/mol. The Kier molecular flexibility index (Phi) is 4.20. The Balaban J connectivity index is 2.96. The van der Waals surface area contributed by atoms with Crippen molar-refractivity contribution in [1.29, 1.82) is 0 Å². The molecule has 3 heteroatoms. The van der Waals surface area contributed by atoms with Gasteiger partial charge in [-0.25, -0.2) is 0 Å². The fourth-order valence-electron chi connectivity index (χ4n) is 2.53. The number of likely N-dealkylation sites (N-methyl/N-ethyl adjacent to an activating group) is 1. The molecule has 2 nitrogen and oxygen atoms in total. The molecule has 0 aromatic carbocycles. The van der Waals surface area contributed by atoms with Crippen LogP contribution in [0.5, 0.6) is 0 Å². The Bertz CT molecular complexity index is 238. The van der Waals surface area contributed by atoms with Gasteiger partial charge in [0.2, 0.25) is 0 Å². The molecular formula is C12H22INO. The Hall–Kier alpha value is 0.360. The van der Waals surface area contributed by atoms with E-state index in [9.17, 15) is 4.79 Å². The van der Waals surface area contributed by atoms with Gasteiger partial charge in [0.1, 0.15) is 0 Å². The number of hydrogen-bond acceptors (Lipinski definition) is 2. The zero-order valence-electron chi connectivity index (χ0n) is 10.3. The molecule has 0 unspecified atom stereocenters. The van der Waals surface area contributed by atoms with Crippen molar-refractivity contribution >= 4 is 28.4 Å². The molecule has 0 amide bonds. The number of rotatable bonds is 3. The van der Waals surface area contributed by atoms with Crippen molar-refractivity contribution in [2.75, 3.05) is 11.5 Å². The maximum Gasteiger partial charge on any atom is 0.162 e. The first-order valence-electron chi connectivity index (χ1n) is 5.68. The lowest BCUT2D eigenvalue weighted by molar-refractivity contribution is -0.130. The van der Waals surface area contributed by atoms with Crippen LogP contribution < -0.4 is 0 Å². The summed E-state index contributed by atoms with van der Waals surface area (Å²) >= 11 is 2.20. The van der Waals surface area contributed by atoms with Gasteiger partial charge in [-0.2, -0.15) is 0 Å². The van der Waals surface area contributed by atoms with E-state index in [1.54, 1.807) is 0 Å². The van der Waals surface area contributed by atoms with E-state index < -0.39 is 0 Å². The molecule has 1 fully saturated rings. The smallest absolute Gasteiger partial charge is 0.162 e. The third kappa shape index (κ3) is 2.54. The molecule has 1 saturated carbocycles. The average molecular weight is 323 g/mol. The van der Waals surface area contributed by atoms with Crippen LogP contribution in [0.3, 0.4) is 0 Å². The normalized spacial score (nSPS) is 20.9. The highest BCUT2D eigenvalue weighted by Gasteiger charge is 2.46. The number of hydrogen-bond donors (Lipinski definition) is 0. The fourth-order valence-corrected chi connectivity index (χ4v) is 3.24. The van der Waals surface area contributed by atoms with Crippen LogP contribution in [0, 0.1) is 0 Å². The zero-order chi connectivity index (χ0) is 11.7. The monoisotopic (exact) mass is 323 g/mol. The van der Waals surface area contributed by atoms with Gasteiger partial charge in [0.05, 0.1) is 9.97 Å². The first-order valence-corrected chi connectivity index (χ1v) is 7.20. The highest BCUT2D eigenvalue weighted by atomic mass is 127. The Morgan fingerprint density at radius 2 is 1.80 bits per heavy atom. The van der Waals surface area contributed by atoms with Crippen molar-refractivity contribution in [3.63, 3.8) is 0 Å². The van der Waals surface area contributed by atoms with Crippen LogP contribution >= 0.6 is 22.6 Å². The van der Waals surface area contributed by atoms with Crippen molar-refractivity contribution in [3.05, 3.63) is 0 Å². The molecule has 0 saturated heterocycles. The van der Waals surface area contributed by atoms with Gasteiger partial charge in [-0.15, -0.1) is 0 Å². The molecule has 1 aliphatic rings. The quantitative estimate of drug-likeness (QED) is 0.588. The summed E-state index contributed by atoms with van der Waals surface area (Å²) < 4.78 is 0.637. The second kappa shape index (κ2) is 4.70. The first-order chi connectivity index (χ1) is 6.84. The standard InChI is InChI=1S/C12H22INO/c1-11(2,3)14(4)12(10(15)9-13)7-5-6-8-12/h5-9H2,1-4H3. The van der Waals surface area contributed by atoms with E-state index in [1.807, 2.05) is 0 Å². The molecule has 1 rings (SSSR count). The predicted octanol–water partition coefficient (Wildman–Crippen LogP) is 3.03. The minimum atomic E-state index is -0.167. The van der Waals surface area contributed by atoms with Crippen LogP contribution in [0.15, 0.2) is 0 Å². The van der Waals surface area contributed by atoms with Crippen LogP contribution in [-0.2, 0) is 4.79 Å². The summed E-state index contributed by atoms with van der Waals surface area (Å²) in [7, 11) is 2.11. The maximum atomic E-state index is 12.2. The average Bonchev–Trinajstić information content (AvgIpc) is 2.63. The van der Waals surface area contributed by atoms with E-state index in [0.29, 0.717) is 10.2 Å². The molecule has 0 N–H and O–H groups in total. The van der Waals surface area contributed by atoms with E-state index in [0.717, 1.165) is 12.8 Å². The SMILES string of the molecule is CN(C(C)(C)C)C1(C(=O)CI)CCCC1. The minimum Gasteiger partial charge on any atom is -0.297 e. The number of nitrogens with zero attached hydrogens (tertiary/aromatic N) is 1. The minimum absolute atomic E-state index is 0.0752. The van der Waals surface area contributed by atoms with Gasteiger partial charge in [0, 0.05) is 5.54 Å². The number of carbonyl (C=O) groups is 1. The first kappa shape index (κ1) is 13.4. The number of Topliss-reactive ketones (excluding diaryl/α,β-unsaturated/α-hetero) is 1. The van der Waals surface area contributed by atoms with Crippen LogP contribution in [0.2, 0.25) is 0 Å². The van der Waals surface area contributed by atoms with Crippen molar-refractivity contribution in [2.24, 2.45) is 0 Å². The molecule has 1 aliphatic carbocycles. The van der Waals surface area contributed by atoms with Crippen LogP contribution in [-0.4, -0.2) is 33.2 Å². The van der Waals surface area contributed by atoms with Gasteiger partial charge in [-0.1, -0.05) is 35.4 Å². The van der Waals surface area contributed by atoms with E-state index in [4.69, 9.17) is 0 Å². The molecular weight excluding hydrogens is 301 g/mol. The zero-order valence-corrected chi connectivity index (χ0v) is 12.4. The Morgan fingerprint density at radius 3 is 2.13 bits per heavy atom. The lowest BCUT2D eigenvalue weighted by Gasteiger charge is -2.45. The van der Waals surface area contributed by atoms with Crippen LogP contribution in [0.1, 0.15) is 46.5 Å². The van der Waals surface area contributed by atoms with Crippen molar-refractivity contribution in [1.82, 2.24) is 4.90 Å². The molecule has 0 bridgehead atoms. The van der Waals surface area contributed by atoms with E-state index in [1.165, 1.54) is 12.8 Å². The van der Waals surface area contributed by atoms with Crippen LogP contribution in [0.25, 0.3) is 0 Å². The molecule has 15 heavy (non-hydrogen) atoms. The highest BCUT2D eigenvalue weighted by Crippen LogP contribution is 2.39. The van der Waals surface area contributed by atoms with Gasteiger partial charge in [-0.05, 0) is 40.7 Å². The van der Waals surface area contributed by atoms with Gasteiger partial charge in [-0.3, -0.25) is 9.69 Å². The van der Waals surface area contributed by atoms with Crippen molar-refractivity contribution < 1.29 is 4.79 Å². The van der Waals surface area contributed by atoms with Gasteiger partial charge in [0.15, 0.2) is 5.78 Å². The summed E-state index contributed by atoms with van der Waals surface area (Å²) in [6.07, 6.45) is 4.48. The molecule has 0 atom stereocenters. The summed E-state index contributed by atoms with van der Waals surface area (Å²) in [6.45, 7) is 6.56. The molecule has 0 radical (unpaired) electrons. The Morgan fingerprint density at radius 1 is 1.33 bits per heavy atom. The van der Waals surface area contributed by atoms with Crippen molar-refractivity contribution in [2.45, 2.75) is 57.5 Å². The van der Waals surface area contributed by atoms with E-state index in [2.05, 4.69) is 55.3 Å². The topological polar surface area (TPSA) is 20.3 Å². The Labute approximate surface area is 107 Å². The van der Waals surface area contributed by atoms with E-state index >= 15 is 0 Å². The molecule has 0 aliphatic heterocycles. The second-order valence-corrected chi connectivity index (χ2v) is 6.29. The summed E-state index contributed by atoms with van der Waals surface area (Å²) in [5.74, 6) is 0.415. The largest absolute Gasteiger partial charge is 0.297 e. The summed E-state index contributed by atoms with van der Waals surface area (Å²) in [4.78, 5) is 14.5. The maximum absolute atomic E-state index is 12.2. The van der Waals surface area contributed by atoms with Gasteiger partial charge < -0.3 is 0 Å². The number of carbonyl (C=O) groups excluding carboxylic acids is 1. The third-order valence-corrected chi connectivity index (χ3v) is 4.41. The summed E-state index contributed by atoms with van der Waals surface area (Å²) in [6, 6.07) is 0. The van der Waals surface area contributed by atoms with E-state index in [-0.39, 0.29) is 11.1 Å². The molecule has 0 spiro atoms. The molecule has 0 aromatic heterocycles. The van der Waals surface area contributed by atoms with Gasteiger partial charge >= 0.3 is 0 Å². The number of alkyl halides is 1. The lowest BCUT2D eigenvalue weighted by atomic mass is 9.87.